The van der Waals surface area contributed by atoms with Crippen molar-refractivity contribution >= 4 is 16.8 Å². The number of nitrogens with two attached hydrogens (primary N) is 1. The van der Waals surface area contributed by atoms with Crippen molar-refractivity contribution in [1.29, 1.82) is 0 Å². The van der Waals surface area contributed by atoms with E-state index in [9.17, 15) is 4.79 Å². The SMILES string of the molecule is CCn1ccc2c(CN(C)C(C)CC(N)=O)cccc21. The van der Waals surface area contributed by atoms with Crippen LogP contribution in [0.1, 0.15) is 25.8 Å². The second kappa shape index (κ2) is 6.09. The Labute approximate surface area is 120 Å². The van der Waals surface area contributed by atoms with E-state index in [0.717, 1.165) is 13.1 Å². The van der Waals surface area contributed by atoms with Crippen molar-refractivity contribution in [3.8, 4) is 0 Å². The second-order valence-electron chi connectivity index (χ2n) is 5.39. The van der Waals surface area contributed by atoms with Crippen LogP contribution in [-0.4, -0.2) is 28.5 Å². The minimum absolute atomic E-state index is 0.149. The Kier molecular flexibility index (Phi) is 4.45. The highest BCUT2D eigenvalue weighted by atomic mass is 16.1. The molecule has 108 valence electrons. The lowest BCUT2D eigenvalue weighted by atomic mass is 10.1. The van der Waals surface area contributed by atoms with Crippen molar-refractivity contribution in [2.24, 2.45) is 5.73 Å². The lowest BCUT2D eigenvalue weighted by Gasteiger charge is -2.24. The van der Waals surface area contributed by atoms with Gasteiger partial charge in [0.2, 0.25) is 5.91 Å². The number of primary amides is 1. The highest BCUT2D eigenvalue weighted by Gasteiger charge is 2.14. The number of carbonyl (C=O) groups excluding carboxylic acids is 1. The number of hydrogen-bond acceptors (Lipinski definition) is 2. The van der Waals surface area contributed by atoms with Crippen molar-refractivity contribution in [3.63, 3.8) is 0 Å². The lowest BCUT2D eigenvalue weighted by Crippen LogP contribution is -2.32. The molecular weight excluding hydrogens is 250 g/mol. The van der Waals surface area contributed by atoms with Crippen LogP contribution in [0.15, 0.2) is 30.5 Å². The van der Waals surface area contributed by atoms with E-state index >= 15 is 0 Å². The highest BCUT2D eigenvalue weighted by Crippen LogP contribution is 2.22. The third-order valence-electron chi connectivity index (χ3n) is 3.91. The normalized spacial score (nSPS) is 13.0. The van der Waals surface area contributed by atoms with E-state index < -0.39 is 0 Å². The van der Waals surface area contributed by atoms with Gasteiger partial charge < -0.3 is 10.3 Å². The van der Waals surface area contributed by atoms with E-state index in [1.54, 1.807) is 0 Å². The molecule has 1 heterocycles. The van der Waals surface area contributed by atoms with E-state index in [-0.39, 0.29) is 11.9 Å². The van der Waals surface area contributed by atoms with Crippen LogP contribution in [0, 0.1) is 0 Å². The molecule has 1 aromatic carbocycles. The van der Waals surface area contributed by atoms with Gasteiger partial charge in [-0.2, -0.15) is 0 Å². The fourth-order valence-corrected chi connectivity index (χ4v) is 2.57. The molecule has 0 aliphatic rings. The van der Waals surface area contributed by atoms with Crippen molar-refractivity contribution in [3.05, 3.63) is 36.0 Å². The van der Waals surface area contributed by atoms with Crippen LogP contribution >= 0.6 is 0 Å². The molecule has 4 nitrogen and oxygen atoms in total. The zero-order valence-electron chi connectivity index (χ0n) is 12.5. The Balaban J connectivity index is 2.21. The predicted molar refractivity (Wildman–Crippen MR) is 82.4 cm³/mol. The minimum atomic E-state index is -0.250. The summed E-state index contributed by atoms with van der Waals surface area (Å²) in [4.78, 5) is 13.2. The molecule has 2 N–H and O–H groups in total. The average molecular weight is 273 g/mol. The summed E-state index contributed by atoms with van der Waals surface area (Å²) in [7, 11) is 2.03. The van der Waals surface area contributed by atoms with Crippen molar-refractivity contribution in [1.82, 2.24) is 9.47 Å². The Morgan fingerprint density at radius 2 is 2.15 bits per heavy atom. The molecule has 20 heavy (non-hydrogen) atoms. The number of rotatable bonds is 6. The molecule has 2 rings (SSSR count). The lowest BCUT2D eigenvalue weighted by molar-refractivity contribution is -0.119. The molecule has 1 atom stereocenters. The molecule has 4 heteroatoms. The monoisotopic (exact) mass is 273 g/mol. The number of hydrogen-bond donors (Lipinski definition) is 1. The van der Waals surface area contributed by atoms with Gasteiger partial charge in [-0.3, -0.25) is 9.69 Å². The number of aryl methyl sites for hydroxylation is 1. The van der Waals surface area contributed by atoms with Crippen molar-refractivity contribution < 1.29 is 4.79 Å². The number of fused-ring (bicyclic) bond motifs is 1. The molecule has 0 bridgehead atoms. The fourth-order valence-electron chi connectivity index (χ4n) is 2.57. The summed E-state index contributed by atoms with van der Waals surface area (Å²) in [5.41, 5.74) is 7.82. The van der Waals surface area contributed by atoms with Gasteiger partial charge >= 0.3 is 0 Å². The van der Waals surface area contributed by atoms with Crippen LogP contribution in [0.4, 0.5) is 0 Å². The van der Waals surface area contributed by atoms with Crippen molar-refractivity contribution in [2.45, 2.75) is 39.4 Å². The number of benzene rings is 1. The van der Waals surface area contributed by atoms with Crippen LogP contribution < -0.4 is 5.73 Å². The van der Waals surface area contributed by atoms with Gasteiger partial charge in [-0.1, -0.05) is 12.1 Å². The Morgan fingerprint density at radius 1 is 1.40 bits per heavy atom. The molecule has 0 spiro atoms. The maximum Gasteiger partial charge on any atom is 0.218 e. The summed E-state index contributed by atoms with van der Waals surface area (Å²) in [5.74, 6) is -0.250. The van der Waals surface area contributed by atoms with E-state index in [1.165, 1.54) is 16.5 Å². The number of aromatic nitrogens is 1. The largest absolute Gasteiger partial charge is 0.370 e. The smallest absolute Gasteiger partial charge is 0.218 e. The summed E-state index contributed by atoms with van der Waals surface area (Å²) in [6.45, 7) is 5.97. The Hall–Kier alpha value is -1.81. The van der Waals surface area contributed by atoms with Gasteiger partial charge in [0.05, 0.1) is 0 Å². The topological polar surface area (TPSA) is 51.3 Å². The summed E-state index contributed by atoms with van der Waals surface area (Å²) >= 11 is 0. The zero-order chi connectivity index (χ0) is 14.7. The van der Waals surface area contributed by atoms with Gasteiger partial charge in [0, 0.05) is 42.7 Å². The molecular formula is C16H23N3O. The van der Waals surface area contributed by atoms with Gasteiger partial charge in [-0.05, 0) is 38.6 Å². The van der Waals surface area contributed by atoms with Gasteiger partial charge in [-0.25, -0.2) is 0 Å². The number of amides is 1. The highest BCUT2D eigenvalue weighted by molar-refractivity contribution is 5.83. The number of nitrogens with zero attached hydrogens (tertiary/aromatic N) is 2. The van der Waals surface area contributed by atoms with Crippen LogP contribution in [0.2, 0.25) is 0 Å². The van der Waals surface area contributed by atoms with Crippen LogP contribution in [0.3, 0.4) is 0 Å². The summed E-state index contributed by atoms with van der Waals surface area (Å²) in [5, 5.41) is 1.28. The van der Waals surface area contributed by atoms with Crippen LogP contribution in [-0.2, 0) is 17.9 Å². The van der Waals surface area contributed by atoms with Gasteiger partial charge in [0.25, 0.3) is 0 Å². The Bertz CT molecular complexity index is 603. The molecule has 0 saturated carbocycles. The molecule has 1 aromatic heterocycles. The van der Waals surface area contributed by atoms with Gasteiger partial charge in [0.15, 0.2) is 0 Å². The first kappa shape index (κ1) is 14.6. The molecule has 1 amide bonds. The predicted octanol–water partition coefficient (Wildman–Crippen LogP) is 2.36. The molecule has 2 aromatic rings. The summed E-state index contributed by atoms with van der Waals surface area (Å²) in [6.07, 6.45) is 2.52. The average Bonchev–Trinajstić information content (AvgIpc) is 2.82. The minimum Gasteiger partial charge on any atom is -0.370 e. The van der Waals surface area contributed by atoms with Gasteiger partial charge in [-0.15, -0.1) is 0 Å². The molecule has 1 unspecified atom stereocenters. The first-order valence-electron chi connectivity index (χ1n) is 7.08. The first-order valence-corrected chi connectivity index (χ1v) is 7.08. The van der Waals surface area contributed by atoms with Gasteiger partial charge in [0.1, 0.15) is 0 Å². The fraction of sp³-hybridized carbons (Fsp3) is 0.438. The quantitative estimate of drug-likeness (QED) is 0.878. The van der Waals surface area contributed by atoms with E-state index in [2.05, 4.69) is 46.9 Å². The standard InChI is InChI=1S/C16H23N3O/c1-4-19-9-8-14-13(6-5-7-15(14)19)11-18(3)12(2)10-16(17)20/h5-9,12H,4,10-11H2,1-3H3,(H2,17,20). The zero-order valence-corrected chi connectivity index (χ0v) is 12.5. The molecule has 0 radical (unpaired) electrons. The van der Waals surface area contributed by atoms with E-state index in [4.69, 9.17) is 5.73 Å². The third-order valence-corrected chi connectivity index (χ3v) is 3.91. The van der Waals surface area contributed by atoms with E-state index in [1.807, 2.05) is 14.0 Å². The molecule has 0 aliphatic heterocycles. The van der Waals surface area contributed by atoms with Crippen LogP contribution in [0.5, 0.6) is 0 Å². The maximum atomic E-state index is 11.0. The van der Waals surface area contributed by atoms with Crippen molar-refractivity contribution in [2.75, 3.05) is 7.05 Å². The van der Waals surface area contributed by atoms with E-state index in [0.29, 0.717) is 6.42 Å². The molecule has 0 fully saturated rings. The van der Waals surface area contributed by atoms with Crippen LogP contribution in [0.25, 0.3) is 10.9 Å². The summed E-state index contributed by atoms with van der Waals surface area (Å²) < 4.78 is 2.24. The third kappa shape index (κ3) is 3.02. The first-order chi connectivity index (χ1) is 9.52. The maximum absolute atomic E-state index is 11.0. The molecule has 0 saturated heterocycles. The Morgan fingerprint density at radius 3 is 2.80 bits per heavy atom. The molecule has 0 aliphatic carbocycles. The summed E-state index contributed by atoms with van der Waals surface area (Å²) in [6, 6.07) is 8.71. The number of carbonyl (C=O) groups is 1. The second-order valence-corrected chi connectivity index (χ2v) is 5.39.